The fourth-order valence-corrected chi connectivity index (χ4v) is 2.34. The zero-order valence-corrected chi connectivity index (χ0v) is 11.0. The second-order valence-electron chi connectivity index (χ2n) is 5.02. The van der Waals surface area contributed by atoms with Crippen molar-refractivity contribution in [1.29, 1.82) is 0 Å². The molecule has 20 heavy (non-hydrogen) atoms. The largest absolute Gasteiger partial charge is 0.393 e. The fourth-order valence-electron chi connectivity index (χ4n) is 2.34. The van der Waals surface area contributed by atoms with Crippen LogP contribution in [0.5, 0.6) is 0 Å². The number of nitrogens with zero attached hydrogens (tertiary/aromatic N) is 1. The lowest BCUT2D eigenvalue weighted by molar-refractivity contribution is -0.184. The van der Waals surface area contributed by atoms with Crippen molar-refractivity contribution >= 4 is 5.91 Å². The van der Waals surface area contributed by atoms with Crippen molar-refractivity contribution in [2.45, 2.75) is 25.9 Å². The van der Waals surface area contributed by atoms with Crippen LogP contribution in [-0.4, -0.2) is 35.1 Å². The molecule has 1 saturated heterocycles. The quantitative estimate of drug-likeness (QED) is 0.860. The number of H-pyrrole nitrogens is 1. The maximum absolute atomic E-state index is 12.7. The van der Waals surface area contributed by atoms with Crippen LogP contribution < -0.4 is 5.56 Å². The summed E-state index contributed by atoms with van der Waals surface area (Å²) in [4.78, 5) is 27.4. The molecular formula is C13H15F3N2O2. The summed E-state index contributed by atoms with van der Waals surface area (Å²) in [5, 5.41) is 0. The van der Waals surface area contributed by atoms with Gasteiger partial charge in [0.05, 0.1) is 5.92 Å². The molecule has 1 N–H and O–H groups in total. The van der Waals surface area contributed by atoms with E-state index in [9.17, 15) is 22.8 Å². The van der Waals surface area contributed by atoms with E-state index in [1.807, 2.05) is 0 Å². The molecule has 0 aliphatic carbocycles. The number of aromatic nitrogens is 1. The monoisotopic (exact) mass is 288 g/mol. The van der Waals surface area contributed by atoms with Crippen LogP contribution in [0.25, 0.3) is 0 Å². The molecule has 1 aliphatic heterocycles. The second-order valence-corrected chi connectivity index (χ2v) is 5.02. The number of pyridine rings is 1. The van der Waals surface area contributed by atoms with Crippen LogP contribution in [0.1, 0.15) is 28.9 Å². The van der Waals surface area contributed by atoms with Gasteiger partial charge in [0.1, 0.15) is 5.56 Å². The van der Waals surface area contributed by atoms with Gasteiger partial charge in [-0.15, -0.1) is 0 Å². The average molecular weight is 288 g/mol. The van der Waals surface area contributed by atoms with Crippen LogP contribution in [0.3, 0.4) is 0 Å². The molecule has 1 atom stereocenters. The Morgan fingerprint density at radius 3 is 2.70 bits per heavy atom. The highest BCUT2D eigenvalue weighted by atomic mass is 19.4. The highest BCUT2D eigenvalue weighted by Crippen LogP contribution is 2.33. The zero-order chi connectivity index (χ0) is 14.9. The highest BCUT2D eigenvalue weighted by molar-refractivity contribution is 5.93. The predicted octanol–water partition coefficient (Wildman–Crippen LogP) is 2.10. The molecule has 0 aromatic carbocycles. The van der Waals surface area contributed by atoms with E-state index in [-0.39, 0.29) is 25.1 Å². The maximum atomic E-state index is 12.7. The summed E-state index contributed by atoms with van der Waals surface area (Å²) in [5.41, 5.74) is -0.0825. The normalized spacial score (nSPS) is 20.0. The number of hydrogen-bond acceptors (Lipinski definition) is 2. The van der Waals surface area contributed by atoms with Gasteiger partial charge in [0.15, 0.2) is 0 Å². The third-order valence-electron chi connectivity index (χ3n) is 3.46. The Hall–Kier alpha value is -1.79. The van der Waals surface area contributed by atoms with Crippen LogP contribution in [-0.2, 0) is 0 Å². The topological polar surface area (TPSA) is 53.2 Å². The van der Waals surface area contributed by atoms with Gasteiger partial charge in [-0.2, -0.15) is 13.2 Å². The molecule has 1 aromatic heterocycles. The first kappa shape index (κ1) is 14.6. The Morgan fingerprint density at radius 2 is 2.10 bits per heavy atom. The minimum absolute atomic E-state index is 0.0253. The second kappa shape index (κ2) is 5.30. The maximum Gasteiger partial charge on any atom is 0.393 e. The average Bonchev–Trinajstić information content (AvgIpc) is 2.37. The number of alkyl halides is 3. The Kier molecular flexibility index (Phi) is 3.87. The van der Waals surface area contributed by atoms with Crippen LogP contribution >= 0.6 is 0 Å². The molecule has 0 spiro atoms. The number of likely N-dealkylation sites (tertiary alicyclic amines) is 1. The van der Waals surface area contributed by atoms with Gasteiger partial charge < -0.3 is 9.88 Å². The van der Waals surface area contributed by atoms with Crippen molar-refractivity contribution in [1.82, 2.24) is 9.88 Å². The molecular weight excluding hydrogens is 273 g/mol. The first-order valence-electron chi connectivity index (χ1n) is 6.35. The molecule has 7 heteroatoms. The Bertz CT molecular complexity index is 565. The van der Waals surface area contributed by atoms with Gasteiger partial charge in [0.2, 0.25) is 0 Å². The van der Waals surface area contributed by atoms with Gasteiger partial charge in [-0.3, -0.25) is 9.59 Å². The Balaban J connectivity index is 2.19. The first-order valence-corrected chi connectivity index (χ1v) is 6.35. The highest BCUT2D eigenvalue weighted by Gasteiger charge is 2.42. The van der Waals surface area contributed by atoms with Gasteiger partial charge >= 0.3 is 6.18 Å². The van der Waals surface area contributed by atoms with E-state index >= 15 is 0 Å². The number of nitrogens with one attached hydrogen (secondary N) is 1. The molecule has 1 aromatic rings. The van der Waals surface area contributed by atoms with Crippen molar-refractivity contribution in [3.8, 4) is 0 Å². The number of aryl methyl sites for hydroxylation is 1. The van der Waals surface area contributed by atoms with Gasteiger partial charge in [0, 0.05) is 18.8 Å². The summed E-state index contributed by atoms with van der Waals surface area (Å²) < 4.78 is 38.1. The van der Waals surface area contributed by atoms with E-state index in [1.54, 1.807) is 13.0 Å². The van der Waals surface area contributed by atoms with Crippen molar-refractivity contribution in [3.05, 3.63) is 33.7 Å². The van der Waals surface area contributed by atoms with E-state index in [2.05, 4.69) is 4.98 Å². The molecule has 4 nitrogen and oxygen atoms in total. The lowest BCUT2D eigenvalue weighted by Crippen LogP contribution is -2.45. The first-order chi connectivity index (χ1) is 9.29. The molecule has 2 heterocycles. The molecule has 1 unspecified atom stereocenters. The number of rotatable bonds is 1. The van der Waals surface area contributed by atoms with E-state index in [1.165, 1.54) is 6.07 Å². The van der Waals surface area contributed by atoms with Gasteiger partial charge in [-0.05, 0) is 31.9 Å². The number of aromatic amines is 1. The molecule has 110 valence electrons. The van der Waals surface area contributed by atoms with Crippen molar-refractivity contribution < 1.29 is 18.0 Å². The number of carbonyl (C=O) groups is 1. The van der Waals surface area contributed by atoms with Crippen LogP contribution in [0.4, 0.5) is 13.2 Å². The summed E-state index contributed by atoms with van der Waals surface area (Å²) in [6.07, 6.45) is -3.99. The smallest absolute Gasteiger partial charge is 0.338 e. The number of amides is 1. The van der Waals surface area contributed by atoms with Gasteiger partial charge in [-0.25, -0.2) is 0 Å². The third-order valence-corrected chi connectivity index (χ3v) is 3.46. The third kappa shape index (κ3) is 3.02. The standard InChI is InChI=1S/C13H15F3N2O2/c1-8-4-5-10(11(19)17-8)12(20)18-6-2-3-9(7-18)13(14,15)16/h4-5,9H,2-3,6-7H2,1H3,(H,17,19). The molecule has 2 rings (SSSR count). The van der Waals surface area contributed by atoms with E-state index < -0.39 is 23.6 Å². The predicted molar refractivity (Wildman–Crippen MR) is 66.5 cm³/mol. The fraction of sp³-hybridized carbons (Fsp3) is 0.538. The summed E-state index contributed by atoms with van der Waals surface area (Å²) >= 11 is 0. The molecule has 1 fully saturated rings. The number of hydrogen-bond donors (Lipinski definition) is 1. The zero-order valence-electron chi connectivity index (χ0n) is 11.0. The van der Waals surface area contributed by atoms with Crippen LogP contribution in [0.15, 0.2) is 16.9 Å². The van der Waals surface area contributed by atoms with Gasteiger partial charge in [0.25, 0.3) is 11.5 Å². The van der Waals surface area contributed by atoms with Crippen LogP contribution in [0.2, 0.25) is 0 Å². The molecule has 0 saturated carbocycles. The number of piperidine rings is 1. The summed E-state index contributed by atoms with van der Waals surface area (Å²) in [6.45, 7) is 1.53. The van der Waals surface area contributed by atoms with Crippen molar-refractivity contribution in [3.63, 3.8) is 0 Å². The lowest BCUT2D eigenvalue weighted by Gasteiger charge is -2.33. The van der Waals surface area contributed by atoms with E-state index in [0.717, 1.165) is 4.90 Å². The minimum Gasteiger partial charge on any atom is -0.338 e. The van der Waals surface area contributed by atoms with E-state index in [4.69, 9.17) is 0 Å². The number of halogens is 3. The van der Waals surface area contributed by atoms with E-state index in [0.29, 0.717) is 12.1 Å². The van der Waals surface area contributed by atoms with Crippen molar-refractivity contribution in [2.75, 3.05) is 13.1 Å². The van der Waals surface area contributed by atoms with Crippen LogP contribution in [0, 0.1) is 12.8 Å². The molecule has 0 bridgehead atoms. The SMILES string of the molecule is Cc1ccc(C(=O)N2CCCC(C(F)(F)F)C2)c(=O)[nH]1. The van der Waals surface area contributed by atoms with Gasteiger partial charge in [-0.1, -0.05) is 0 Å². The lowest BCUT2D eigenvalue weighted by atomic mass is 9.97. The molecule has 0 radical (unpaired) electrons. The van der Waals surface area contributed by atoms with Crippen molar-refractivity contribution in [2.24, 2.45) is 5.92 Å². The number of carbonyl (C=O) groups excluding carboxylic acids is 1. The Morgan fingerprint density at radius 1 is 1.40 bits per heavy atom. The molecule has 1 amide bonds. The summed E-state index contributed by atoms with van der Waals surface area (Å²) in [6, 6.07) is 2.91. The summed E-state index contributed by atoms with van der Waals surface area (Å²) in [7, 11) is 0. The minimum atomic E-state index is -4.31. The molecule has 1 aliphatic rings. The summed E-state index contributed by atoms with van der Waals surface area (Å²) in [5.74, 6) is -2.15. The Labute approximate surface area is 113 Å².